The summed E-state index contributed by atoms with van der Waals surface area (Å²) in [6.45, 7) is 9.12. The van der Waals surface area contributed by atoms with Crippen LogP contribution in [0.4, 0.5) is 0 Å². The fourth-order valence-electron chi connectivity index (χ4n) is 0.720. The van der Waals surface area contributed by atoms with Crippen molar-refractivity contribution < 1.29 is 14.3 Å². The second-order valence-electron chi connectivity index (χ2n) is 3.12. The number of carbonyl (C=O) groups is 2. The average Bonchev–Trinajstić information content (AvgIpc) is 2.04. The van der Waals surface area contributed by atoms with E-state index >= 15 is 0 Å². The molecule has 74 valence electrons. The van der Waals surface area contributed by atoms with Gasteiger partial charge in [0.15, 0.2) is 0 Å². The Morgan fingerprint density at radius 2 is 1.92 bits per heavy atom. The first-order chi connectivity index (χ1) is 5.99. The Morgan fingerprint density at radius 3 is 2.31 bits per heavy atom. The molecule has 13 heavy (non-hydrogen) atoms. The normalized spacial score (nSPS) is 9.85. The minimum Gasteiger partial charge on any atom is -0.463 e. The number of carbonyl (C=O) groups excluding carboxylic acids is 2. The number of Topliss-reactive ketones (excluding diaryl/α,β-unsaturated/α-hetero) is 1. The number of rotatable bonds is 5. The summed E-state index contributed by atoms with van der Waals surface area (Å²) in [5.74, 6) is -0.527. The van der Waals surface area contributed by atoms with E-state index in [0.29, 0.717) is 6.61 Å². The van der Waals surface area contributed by atoms with Crippen LogP contribution in [0.15, 0.2) is 12.2 Å². The summed E-state index contributed by atoms with van der Waals surface area (Å²) in [5.41, 5.74) is 0.237. The first-order valence-electron chi connectivity index (χ1n) is 4.36. The molecule has 3 heteroatoms. The molecule has 3 nitrogen and oxygen atoms in total. The van der Waals surface area contributed by atoms with Gasteiger partial charge in [0.25, 0.3) is 0 Å². The maximum absolute atomic E-state index is 11.2. The molecule has 0 spiro atoms. The molecule has 0 heterocycles. The lowest BCUT2D eigenvalue weighted by atomic mass is 10.0. The minimum atomic E-state index is -0.475. The third kappa shape index (κ3) is 4.45. The number of ketones is 1. The van der Waals surface area contributed by atoms with Crippen LogP contribution in [0.3, 0.4) is 0 Å². The van der Waals surface area contributed by atoms with Crippen molar-refractivity contribution in [3.63, 3.8) is 0 Å². The van der Waals surface area contributed by atoms with Crippen molar-refractivity contribution in [2.45, 2.75) is 27.2 Å². The van der Waals surface area contributed by atoms with E-state index in [0.717, 1.165) is 0 Å². The molecule has 0 aromatic carbocycles. The van der Waals surface area contributed by atoms with Crippen LogP contribution in [0, 0.1) is 5.92 Å². The molecule has 0 unspecified atom stereocenters. The average molecular weight is 184 g/mol. The zero-order valence-corrected chi connectivity index (χ0v) is 8.42. The molecule has 0 aromatic rings. The van der Waals surface area contributed by atoms with Gasteiger partial charge >= 0.3 is 5.97 Å². The third-order valence-corrected chi connectivity index (χ3v) is 1.60. The number of esters is 1. The van der Waals surface area contributed by atoms with Crippen LogP contribution in [0.2, 0.25) is 0 Å². The Labute approximate surface area is 78.8 Å². The first kappa shape index (κ1) is 11.9. The van der Waals surface area contributed by atoms with Gasteiger partial charge < -0.3 is 4.74 Å². The van der Waals surface area contributed by atoms with Crippen LogP contribution < -0.4 is 0 Å². The SMILES string of the molecule is C=C(CC(=O)C(C)C)C(=O)OCC. The molecule has 0 bridgehead atoms. The topological polar surface area (TPSA) is 43.4 Å². The third-order valence-electron chi connectivity index (χ3n) is 1.60. The van der Waals surface area contributed by atoms with Crippen LogP contribution >= 0.6 is 0 Å². The lowest BCUT2D eigenvalue weighted by molar-refractivity contribution is -0.139. The molecule has 0 fully saturated rings. The van der Waals surface area contributed by atoms with E-state index in [1.807, 2.05) is 0 Å². The maximum Gasteiger partial charge on any atom is 0.333 e. The Balaban J connectivity index is 4.01. The van der Waals surface area contributed by atoms with Gasteiger partial charge in [-0.25, -0.2) is 4.79 Å². The lowest BCUT2D eigenvalue weighted by Crippen LogP contribution is -2.14. The second kappa shape index (κ2) is 5.51. The molecule has 0 amide bonds. The van der Waals surface area contributed by atoms with Crippen molar-refractivity contribution in [2.24, 2.45) is 5.92 Å². The summed E-state index contributed by atoms with van der Waals surface area (Å²) in [4.78, 5) is 22.2. The molecule has 0 aliphatic carbocycles. The number of hydrogen-bond donors (Lipinski definition) is 0. The van der Waals surface area contributed by atoms with Gasteiger partial charge in [-0.15, -0.1) is 0 Å². The molecule has 0 rings (SSSR count). The molecule has 0 N–H and O–H groups in total. The second-order valence-corrected chi connectivity index (χ2v) is 3.12. The summed E-state index contributed by atoms with van der Waals surface area (Å²) < 4.78 is 4.69. The predicted molar refractivity (Wildman–Crippen MR) is 50.2 cm³/mol. The highest BCUT2D eigenvalue weighted by Gasteiger charge is 2.14. The van der Waals surface area contributed by atoms with Gasteiger partial charge in [0.1, 0.15) is 5.78 Å². The predicted octanol–water partition coefficient (Wildman–Crippen LogP) is 1.72. The van der Waals surface area contributed by atoms with E-state index in [2.05, 4.69) is 6.58 Å². The van der Waals surface area contributed by atoms with E-state index < -0.39 is 5.97 Å². The number of ether oxygens (including phenoxy) is 1. The van der Waals surface area contributed by atoms with Gasteiger partial charge in [0, 0.05) is 17.9 Å². The molecule has 0 atom stereocenters. The molecular formula is C10H16O3. The maximum atomic E-state index is 11.2. The zero-order chi connectivity index (χ0) is 10.4. The van der Waals surface area contributed by atoms with Gasteiger partial charge in [-0.2, -0.15) is 0 Å². The molecule has 0 aliphatic heterocycles. The summed E-state index contributed by atoms with van der Waals surface area (Å²) in [6.07, 6.45) is 0.0938. The largest absolute Gasteiger partial charge is 0.463 e. The molecule has 0 saturated carbocycles. The van der Waals surface area contributed by atoms with Crippen molar-refractivity contribution in [3.8, 4) is 0 Å². The number of hydrogen-bond acceptors (Lipinski definition) is 3. The highest BCUT2D eigenvalue weighted by molar-refractivity contribution is 5.95. The Bertz CT molecular complexity index is 216. The quantitative estimate of drug-likeness (QED) is 0.482. The smallest absolute Gasteiger partial charge is 0.333 e. The molecule has 0 aliphatic rings. The summed E-state index contributed by atoms with van der Waals surface area (Å²) in [6, 6.07) is 0. The summed E-state index contributed by atoms with van der Waals surface area (Å²) >= 11 is 0. The van der Waals surface area contributed by atoms with Crippen LogP contribution in [0.5, 0.6) is 0 Å². The van der Waals surface area contributed by atoms with E-state index in [4.69, 9.17) is 4.74 Å². The molecule has 0 radical (unpaired) electrons. The summed E-state index contributed by atoms with van der Waals surface area (Å²) in [7, 11) is 0. The van der Waals surface area contributed by atoms with Gasteiger partial charge in [0.2, 0.25) is 0 Å². The van der Waals surface area contributed by atoms with Crippen molar-refractivity contribution in [3.05, 3.63) is 12.2 Å². The van der Waals surface area contributed by atoms with Crippen LogP contribution in [-0.2, 0) is 14.3 Å². The van der Waals surface area contributed by atoms with Crippen LogP contribution in [0.1, 0.15) is 27.2 Å². The van der Waals surface area contributed by atoms with Crippen molar-refractivity contribution in [1.82, 2.24) is 0 Å². The van der Waals surface area contributed by atoms with Crippen LogP contribution in [-0.4, -0.2) is 18.4 Å². The zero-order valence-electron chi connectivity index (χ0n) is 8.42. The van der Waals surface area contributed by atoms with Crippen molar-refractivity contribution in [2.75, 3.05) is 6.61 Å². The summed E-state index contributed by atoms with van der Waals surface area (Å²) in [5, 5.41) is 0. The van der Waals surface area contributed by atoms with Gasteiger partial charge in [-0.05, 0) is 6.92 Å². The van der Waals surface area contributed by atoms with Crippen molar-refractivity contribution in [1.29, 1.82) is 0 Å². The van der Waals surface area contributed by atoms with Crippen LogP contribution in [0.25, 0.3) is 0 Å². The lowest BCUT2D eigenvalue weighted by Gasteiger charge is -2.06. The molecule has 0 aromatic heterocycles. The van der Waals surface area contributed by atoms with Gasteiger partial charge in [-0.1, -0.05) is 20.4 Å². The van der Waals surface area contributed by atoms with Gasteiger partial charge in [0.05, 0.1) is 6.61 Å². The fourth-order valence-corrected chi connectivity index (χ4v) is 0.720. The van der Waals surface area contributed by atoms with E-state index in [1.165, 1.54) is 0 Å². The highest BCUT2D eigenvalue weighted by atomic mass is 16.5. The van der Waals surface area contributed by atoms with E-state index in [1.54, 1.807) is 20.8 Å². The molecular weight excluding hydrogens is 168 g/mol. The standard InChI is InChI=1S/C10H16O3/c1-5-13-10(12)8(4)6-9(11)7(2)3/h7H,4-6H2,1-3H3. The van der Waals surface area contributed by atoms with E-state index in [9.17, 15) is 9.59 Å². The monoisotopic (exact) mass is 184 g/mol. The van der Waals surface area contributed by atoms with Crippen molar-refractivity contribution >= 4 is 11.8 Å². The highest BCUT2D eigenvalue weighted by Crippen LogP contribution is 2.07. The van der Waals surface area contributed by atoms with Gasteiger partial charge in [-0.3, -0.25) is 4.79 Å². The minimum absolute atomic E-state index is 0.0121. The Kier molecular flexibility index (Phi) is 5.04. The van der Waals surface area contributed by atoms with E-state index in [-0.39, 0.29) is 23.7 Å². The first-order valence-corrected chi connectivity index (χ1v) is 4.36. The molecule has 0 saturated heterocycles. The Morgan fingerprint density at radius 1 is 1.38 bits per heavy atom. The fraction of sp³-hybridized carbons (Fsp3) is 0.600. The Hall–Kier alpha value is -1.12.